The van der Waals surface area contributed by atoms with E-state index in [-0.39, 0.29) is 16.5 Å². The second kappa shape index (κ2) is 5.92. The Labute approximate surface area is 138 Å². The molecule has 3 rings (SSSR count). The summed E-state index contributed by atoms with van der Waals surface area (Å²) in [6.45, 7) is 0. The normalized spacial score (nSPS) is 17.6. The molecule has 1 unspecified atom stereocenters. The van der Waals surface area contributed by atoms with Crippen LogP contribution in [0, 0.1) is 0 Å². The molecule has 1 amide bonds. The Balaban J connectivity index is 1.77. The molecular formula is C15H14ClN3O3S. The number of rotatable bonds is 3. The van der Waals surface area contributed by atoms with Gasteiger partial charge < -0.3 is 4.98 Å². The summed E-state index contributed by atoms with van der Waals surface area (Å²) in [5.41, 5.74) is 2.36. The van der Waals surface area contributed by atoms with Gasteiger partial charge in [0.1, 0.15) is 5.69 Å². The van der Waals surface area contributed by atoms with E-state index in [0.29, 0.717) is 5.02 Å². The zero-order chi connectivity index (χ0) is 16.6. The summed E-state index contributed by atoms with van der Waals surface area (Å²) in [7, 11) is -3.84. The molecule has 1 aromatic carbocycles. The van der Waals surface area contributed by atoms with Crippen LogP contribution in [0.2, 0.25) is 5.02 Å². The van der Waals surface area contributed by atoms with Gasteiger partial charge in [0.2, 0.25) is 10.0 Å². The lowest BCUT2D eigenvalue weighted by Crippen LogP contribution is -2.10. The van der Waals surface area contributed by atoms with Gasteiger partial charge in [0, 0.05) is 23.4 Å². The van der Waals surface area contributed by atoms with Gasteiger partial charge >= 0.3 is 0 Å². The summed E-state index contributed by atoms with van der Waals surface area (Å²) in [6, 6.07) is 6.87. The molecule has 120 valence electrons. The Morgan fingerprint density at radius 1 is 1.39 bits per heavy atom. The number of aromatic nitrogens is 1. The summed E-state index contributed by atoms with van der Waals surface area (Å²) in [5, 5.41) is 5.69. The first-order valence-corrected chi connectivity index (χ1v) is 8.85. The summed E-state index contributed by atoms with van der Waals surface area (Å²) in [6.07, 6.45) is 4.52. The van der Waals surface area contributed by atoms with E-state index in [1.807, 2.05) is 18.2 Å². The Hall–Kier alpha value is -1.96. The van der Waals surface area contributed by atoms with Crippen molar-refractivity contribution in [3.05, 3.63) is 52.3 Å². The molecule has 1 aliphatic carbocycles. The van der Waals surface area contributed by atoms with Gasteiger partial charge in [-0.2, -0.15) is 0 Å². The lowest BCUT2D eigenvalue weighted by molar-refractivity contribution is 0.0999. The number of halogens is 1. The molecule has 2 aromatic rings. The first-order chi connectivity index (χ1) is 10.8. The number of nitrogens with two attached hydrogens (primary N) is 1. The molecular weight excluding hydrogens is 338 g/mol. The van der Waals surface area contributed by atoms with Crippen LogP contribution < -0.4 is 5.14 Å². The average molecular weight is 352 g/mol. The number of aromatic amines is 1. The number of aryl methyl sites for hydroxylation is 1. The third-order valence-electron chi connectivity index (χ3n) is 3.82. The van der Waals surface area contributed by atoms with Gasteiger partial charge in [-0.15, -0.1) is 0 Å². The van der Waals surface area contributed by atoms with E-state index in [2.05, 4.69) is 9.98 Å². The lowest BCUT2D eigenvalue weighted by Gasteiger charge is -2.04. The molecule has 1 aliphatic rings. The zero-order valence-electron chi connectivity index (χ0n) is 12.0. The zero-order valence-corrected chi connectivity index (χ0v) is 13.6. The van der Waals surface area contributed by atoms with Crippen molar-refractivity contribution in [1.29, 1.82) is 0 Å². The number of H-pyrrole nitrogens is 1. The number of hydrogen-bond acceptors (Lipinski definition) is 3. The molecule has 0 aliphatic heterocycles. The fourth-order valence-electron chi connectivity index (χ4n) is 2.66. The van der Waals surface area contributed by atoms with E-state index < -0.39 is 15.9 Å². The molecule has 3 N–H and O–H groups in total. The van der Waals surface area contributed by atoms with Crippen molar-refractivity contribution in [3.63, 3.8) is 0 Å². The van der Waals surface area contributed by atoms with Crippen molar-refractivity contribution in [2.75, 3.05) is 0 Å². The van der Waals surface area contributed by atoms with Crippen molar-refractivity contribution < 1.29 is 13.2 Å². The molecule has 8 heteroatoms. The van der Waals surface area contributed by atoms with E-state index in [4.69, 9.17) is 16.7 Å². The van der Waals surface area contributed by atoms with Crippen LogP contribution in [-0.2, 0) is 16.4 Å². The van der Waals surface area contributed by atoms with Crippen molar-refractivity contribution >= 4 is 33.7 Å². The van der Waals surface area contributed by atoms with Gasteiger partial charge in [0.25, 0.3) is 5.91 Å². The van der Waals surface area contributed by atoms with Gasteiger partial charge in [-0.05, 0) is 42.2 Å². The highest BCUT2D eigenvalue weighted by Crippen LogP contribution is 2.33. The number of amides is 1. The van der Waals surface area contributed by atoms with Crippen LogP contribution in [0.3, 0.4) is 0 Å². The maximum Gasteiger partial charge on any atom is 0.293 e. The first kappa shape index (κ1) is 15.9. The average Bonchev–Trinajstić information content (AvgIpc) is 3.11. The van der Waals surface area contributed by atoms with Crippen molar-refractivity contribution in [2.45, 2.75) is 23.7 Å². The second-order valence-electron chi connectivity index (χ2n) is 5.37. The van der Waals surface area contributed by atoms with E-state index >= 15 is 0 Å². The Morgan fingerprint density at radius 3 is 2.87 bits per heavy atom. The maximum absolute atomic E-state index is 12.0. The van der Waals surface area contributed by atoms with Crippen molar-refractivity contribution in [3.8, 4) is 0 Å². The quantitative estimate of drug-likeness (QED) is 0.828. The van der Waals surface area contributed by atoms with E-state index in [9.17, 15) is 13.2 Å². The predicted octanol–water partition coefficient (Wildman–Crippen LogP) is 2.26. The number of nitrogens with zero attached hydrogens (tertiary/aromatic N) is 1. The fraction of sp³-hybridized carbons (Fsp3) is 0.200. The third kappa shape index (κ3) is 3.36. The smallest absolute Gasteiger partial charge is 0.293 e. The highest BCUT2D eigenvalue weighted by molar-refractivity contribution is 7.89. The van der Waals surface area contributed by atoms with E-state index in [1.165, 1.54) is 12.3 Å². The Bertz CT molecular complexity index is 902. The Kier molecular flexibility index (Phi) is 4.09. The van der Waals surface area contributed by atoms with Crippen LogP contribution in [0.15, 0.2) is 40.4 Å². The first-order valence-electron chi connectivity index (χ1n) is 6.92. The van der Waals surface area contributed by atoms with Gasteiger partial charge in [-0.3, -0.25) is 4.79 Å². The molecule has 23 heavy (non-hydrogen) atoms. The molecule has 1 atom stereocenters. The molecule has 0 fully saturated rings. The minimum absolute atomic E-state index is 0.0545. The van der Waals surface area contributed by atoms with Crippen LogP contribution in [0.5, 0.6) is 0 Å². The number of primary sulfonamides is 1. The molecule has 0 saturated carbocycles. The highest BCUT2D eigenvalue weighted by atomic mass is 35.5. The number of carbonyl (C=O) groups excluding carboxylic acids is 1. The number of fused-ring (bicyclic) bond motifs is 1. The summed E-state index contributed by atoms with van der Waals surface area (Å²) < 4.78 is 22.4. The number of benzene rings is 1. The molecule has 0 radical (unpaired) electrons. The van der Waals surface area contributed by atoms with E-state index in [1.54, 1.807) is 6.21 Å². The van der Waals surface area contributed by atoms with Gasteiger partial charge in [0.15, 0.2) is 0 Å². The topological polar surface area (TPSA) is 105 Å². The predicted molar refractivity (Wildman–Crippen MR) is 87.5 cm³/mol. The minimum Gasteiger partial charge on any atom is -0.356 e. The second-order valence-corrected chi connectivity index (χ2v) is 7.36. The Morgan fingerprint density at radius 2 is 2.17 bits per heavy atom. The van der Waals surface area contributed by atoms with E-state index in [0.717, 1.165) is 24.0 Å². The van der Waals surface area contributed by atoms with Crippen LogP contribution >= 0.6 is 11.6 Å². The summed E-state index contributed by atoms with van der Waals surface area (Å²) >= 11 is 5.97. The number of aliphatic imine (C=N–C) groups is 1. The molecule has 0 bridgehead atoms. The van der Waals surface area contributed by atoms with Crippen LogP contribution in [0.4, 0.5) is 0 Å². The number of carbonyl (C=O) groups is 1. The van der Waals surface area contributed by atoms with Crippen LogP contribution in [-0.4, -0.2) is 25.5 Å². The van der Waals surface area contributed by atoms with Crippen molar-refractivity contribution in [2.24, 2.45) is 10.1 Å². The largest absolute Gasteiger partial charge is 0.356 e. The molecule has 0 spiro atoms. The summed E-state index contributed by atoms with van der Waals surface area (Å²) in [4.78, 5) is 18.4. The molecule has 1 aromatic heterocycles. The van der Waals surface area contributed by atoms with Gasteiger partial charge in [-0.1, -0.05) is 17.7 Å². The third-order valence-corrected chi connectivity index (χ3v) is 4.94. The number of sulfonamides is 1. The lowest BCUT2D eigenvalue weighted by atomic mass is 10.0. The summed E-state index contributed by atoms with van der Waals surface area (Å²) in [5.74, 6) is -0.485. The molecule has 1 heterocycles. The van der Waals surface area contributed by atoms with Gasteiger partial charge in [-0.25, -0.2) is 18.5 Å². The fourth-order valence-corrected chi connectivity index (χ4v) is 3.36. The minimum atomic E-state index is -3.84. The molecule has 0 saturated heterocycles. The van der Waals surface area contributed by atoms with Crippen LogP contribution in [0.25, 0.3) is 0 Å². The maximum atomic E-state index is 12.0. The van der Waals surface area contributed by atoms with Crippen molar-refractivity contribution in [1.82, 2.24) is 4.98 Å². The number of hydrogen-bond donors (Lipinski definition) is 2. The van der Waals surface area contributed by atoms with Gasteiger partial charge in [0.05, 0.1) is 4.90 Å². The standard InChI is InChI=1S/C15H14ClN3O3S/c16-11-3-4-13-9(5-11)1-2-10(13)7-19-15(20)14-6-12(8-18-14)23(17,21)22/h3-8,10,18H,1-2H2,(H2,17,21,22)/b19-7-. The molecule has 6 nitrogen and oxygen atoms in total. The highest BCUT2D eigenvalue weighted by Gasteiger charge is 2.21. The van der Waals surface area contributed by atoms with Crippen LogP contribution in [0.1, 0.15) is 34.0 Å². The number of nitrogens with one attached hydrogen (secondary N) is 1. The SMILES string of the molecule is NS(=O)(=O)c1c[nH]c(C(=O)/N=C\C2CCc3cc(Cl)ccc32)c1. The monoisotopic (exact) mass is 351 g/mol.